The maximum absolute atomic E-state index is 4.69. The van der Waals surface area contributed by atoms with Crippen LogP contribution in [0.25, 0.3) is 0 Å². The van der Waals surface area contributed by atoms with E-state index in [2.05, 4.69) is 47.7 Å². The minimum absolute atomic E-state index is 0.592. The summed E-state index contributed by atoms with van der Waals surface area (Å²) in [4.78, 5) is 7.27. The second-order valence-corrected chi connectivity index (χ2v) is 7.18. The van der Waals surface area contributed by atoms with Crippen LogP contribution in [0.4, 0.5) is 0 Å². The third-order valence-electron chi connectivity index (χ3n) is 5.33. The highest BCUT2D eigenvalue weighted by Gasteiger charge is 2.33. The molecule has 2 fully saturated rings. The molecule has 1 saturated heterocycles. The molecule has 5 heteroatoms. The van der Waals surface area contributed by atoms with Crippen LogP contribution in [0, 0.1) is 13.8 Å². The fourth-order valence-corrected chi connectivity index (χ4v) is 3.87. The van der Waals surface area contributed by atoms with Gasteiger partial charge in [0, 0.05) is 61.8 Å². The Bertz CT molecular complexity index is 694. The normalized spacial score (nSPS) is 22.1. The minimum atomic E-state index is 0.592. The summed E-state index contributed by atoms with van der Waals surface area (Å²) in [6, 6.07) is 0.592. The van der Waals surface area contributed by atoms with Crippen LogP contribution in [0.1, 0.15) is 60.9 Å². The van der Waals surface area contributed by atoms with E-state index in [-0.39, 0.29) is 0 Å². The van der Waals surface area contributed by atoms with Crippen LogP contribution in [-0.4, -0.2) is 37.3 Å². The molecule has 0 bridgehead atoms. The lowest BCUT2D eigenvalue weighted by Gasteiger charge is -2.19. The van der Waals surface area contributed by atoms with Gasteiger partial charge in [0.15, 0.2) is 0 Å². The Labute approximate surface area is 138 Å². The van der Waals surface area contributed by atoms with Crippen molar-refractivity contribution < 1.29 is 0 Å². The summed E-state index contributed by atoms with van der Waals surface area (Å²) >= 11 is 0. The Hall–Kier alpha value is -1.62. The molecule has 2 aromatic heterocycles. The molecule has 2 aromatic rings. The molecule has 4 rings (SSSR count). The summed E-state index contributed by atoms with van der Waals surface area (Å²) in [6.07, 6.45) is 8.15. The van der Waals surface area contributed by atoms with Crippen molar-refractivity contribution in [2.75, 3.05) is 13.1 Å². The van der Waals surface area contributed by atoms with Crippen molar-refractivity contribution in [3.8, 4) is 0 Å². The number of aryl methyl sites for hydroxylation is 3. The van der Waals surface area contributed by atoms with Crippen molar-refractivity contribution >= 4 is 0 Å². The number of nitrogens with zero attached hydrogens (tertiary/aromatic N) is 5. The maximum Gasteiger partial charge on any atom is 0.112 e. The maximum atomic E-state index is 4.69. The molecule has 2 aliphatic rings. The van der Waals surface area contributed by atoms with Gasteiger partial charge >= 0.3 is 0 Å². The van der Waals surface area contributed by atoms with Gasteiger partial charge in [-0.25, -0.2) is 4.98 Å². The molecule has 0 N–H and O–H groups in total. The predicted octanol–water partition coefficient (Wildman–Crippen LogP) is 3.04. The van der Waals surface area contributed by atoms with Crippen LogP contribution in [0.2, 0.25) is 0 Å². The van der Waals surface area contributed by atoms with E-state index in [0.29, 0.717) is 6.04 Å². The third kappa shape index (κ3) is 2.82. The van der Waals surface area contributed by atoms with Gasteiger partial charge < -0.3 is 4.57 Å². The van der Waals surface area contributed by atoms with Crippen molar-refractivity contribution in [2.45, 2.75) is 65.1 Å². The summed E-state index contributed by atoms with van der Waals surface area (Å²) in [5.41, 5.74) is 3.87. The molecule has 124 valence electrons. The largest absolute Gasteiger partial charge is 0.328 e. The average molecular weight is 313 g/mol. The highest BCUT2D eigenvalue weighted by atomic mass is 15.3. The highest BCUT2D eigenvalue weighted by molar-refractivity contribution is 5.17. The van der Waals surface area contributed by atoms with E-state index in [1.54, 1.807) is 0 Å². The molecule has 0 amide bonds. The summed E-state index contributed by atoms with van der Waals surface area (Å²) in [5, 5.41) is 4.57. The van der Waals surface area contributed by atoms with E-state index in [9.17, 15) is 0 Å². The van der Waals surface area contributed by atoms with Crippen LogP contribution >= 0.6 is 0 Å². The SMILES string of the molecule is CCn1cc(CN2CCC(n3c(C)cnc3C3CC3)C2)c(C)n1. The predicted molar refractivity (Wildman–Crippen MR) is 90.5 cm³/mol. The zero-order chi connectivity index (χ0) is 16.0. The molecule has 3 heterocycles. The molecule has 5 nitrogen and oxygen atoms in total. The molecule has 23 heavy (non-hydrogen) atoms. The molecule has 1 aliphatic heterocycles. The number of aromatic nitrogens is 4. The Morgan fingerprint density at radius 2 is 2.04 bits per heavy atom. The molecule has 1 atom stereocenters. The van der Waals surface area contributed by atoms with Gasteiger partial charge in [-0.3, -0.25) is 9.58 Å². The van der Waals surface area contributed by atoms with Crippen LogP contribution < -0.4 is 0 Å². The Morgan fingerprint density at radius 1 is 1.22 bits per heavy atom. The molecule has 0 radical (unpaired) electrons. The molecule has 0 spiro atoms. The molecular formula is C18H27N5. The summed E-state index contributed by atoms with van der Waals surface area (Å²) in [7, 11) is 0. The first-order valence-corrected chi connectivity index (χ1v) is 8.94. The molecule has 1 saturated carbocycles. The zero-order valence-electron chi connectivity index (χ0n) is 14.5. The van der Waals surface area contributed by atoms with Gasteiger partial charge in [0.05, 0.1) is 5.69 Å². The van der Waals surface area contributed by atoms with Gasteiger partial charge in [0.1, 0.15) is 5.82 Å². The number of hydrogen-bond acceptors (Lipinski definition) is 3. The van der Waals surface area contributed by atoms with E-state index in [1.165, 1.54) is 48.6 Å². The van der Waals surface area contributed by atoms with Crippen LogP contribution in [-0.2, 0) is 13.1 Å². The highest BCUT2D eigenvalue weighted by Crippen LogP contribution is 2.41. The number of rotatable bonds is 5. The molecule has 0 aromatic carbocycles. The smallest absolute Gasteiger partial charge is 0.112 e. The van der Waals surface area contributed by atoms with E-state index < -0.39 is 0 Å². The second kappa shape index (κ2) is 5.78. The number of likely N-dealkylation sites (tertiary alicyclic amines) is 1. The van der Waals surface area contributed by atoms with E-state index in [0.717, 1.165) is 25.6 Å². The third-order valence-corrected chi connectivity index (χ3v) is 5.33. The zero-order valence-corrected chi connectivity index (χ0v) is 14.5. The van der Waals surface area contributed by atoms with Gasteiger partial charge in [-0.1, -0.05) is 0 Å². The first kappa shape index (κ1) is 14.9. The van der Waals surface area contributed by atoms with Crippen molar-refractivity contribution in [2.24, 2.45) is 0 Å². The molecule has 1 aliphatic carbocycles. The molecule has 1 unspecified atom stereocenters. The van der Waals surface area contributed by atoms with E-state index in [1.807, 2.05) is 4.68 Å². The Kier molecular flexibility index (Phi) is 3.76. The van der Waals surface area contributed by atoms with Gasteiger partial charge in [0.25, 0.3) is 0 Å². The van der Waals surface area contributed by atoms with Crippen molar-refractivity contribution in [1.29, 1.82) is 0 Å². The van der Waals surface area contributed by atoms with E-state index in [4.69, 9.17) is 4.98 Å². The number of imidazole rings is 1. The van der Waals surface area contributed by atoms with Crippen molar-refractivity contribution in [1.82, 2.24) is 24.2 Å². The van der Waals surface area contributed by atoms with Crippen molar-refractivity contribution in [3.05, 3.63) is 35.2 Å². The minimum Gasteiger partial charge on any atom is -0.328 e. The van der Waals surface area contributed by atoms with E-state index >= 15 is 0 Å². The topological polar surface area (TPSA) is 38.9 Å². The van der Waals surface area contributed by atoms with Gasteiger partial charge in [0.2, 0.25) is 0 Å². The Balaban J connectivity index is 1.47. The van der Waals surface area contributed by atoms with Crippen LogP contribution in [0.3, 0.4) is 0 Å². The lowest BCUT2D eigenvalue weighted by atomic mass is 10.2. The summed E-state index contributed by atoms with van der Waals surface area (Å²) < 4.78 is 4.57. The van der Waals surface area contributed by atoms with Crippen LogP contribution in [0.15, 0.2) is 12.4 Å². The van der Waals surface area contributed by atoms with Crippen LogP contribution in [0.5, 0.6) is 0 Å². The monoisotopic (exact) mass is 313 g/mol. The van der Waals surface area contributed by atoms with Gasteiger partial charge in [-0.05, 0) is 40.0 Å². The quantitative estimate of drug-likeness (QED) is 0.851. The first-order valence-electron chi connectivity index (χ1n) is 8.94. The second-order valence-electron chi connectivity index (χ2n) is 7.18. The lowest BCUT2D eigenvalue weighted by molar-refractivity contribution is 0.313. The fourth-order valence-electron chi connectivity index (χ4n) is 3.87. The average Bonchev–Trinajstić information content (AvgIpc) is 3.00. The van der Waals surface area contributed by atoms with Crippen molar-refractivity contribution in [3.63, 3.8) is 0 Å². The summed E-state index contributed by atoms with van der Waals surface area (Å²) in [6.45, 7) is 10.7. The first-order chi connectivity index (χ1) is 11.2. The number of hydrogen-bond donors (Lipinski definition) is 0. The Morgan fingerprint density at radius 3 is 2.74 bits per heavy atom. The van der Waals surface area contributed by atoms with Gasteiger partial charge in [-0.2, -0.15) is 5.10 Å². The van der Waals surface area contributed by atoms with Gasteiger partial charge in [-0.15, -0.1) is 0 Å². The fraction of sp³-hybridized carbons (Fsp3) is 0.667. The standard InChI is InChI=1S/C18H27N5/c1-4-22-11-16(14(3)20-22)10-21-8-7-17(12-21)23-13(2)9-19-18(23)15-5-6-15/h9,11,15,17H,4-8,10,12H2,1-3H3. The molecular weight excluding hydrogens is 286 g/mol. The lowest BCUT2D eigenvalue weighted by Crippen LogP contribution is -2.22. The summed E-state index contributed by atoms with van der Waals surface area (Å²) in [5.74, 6) is 2.06.